The molecule has 1 rings (SSSR count). The van der Waals surface area contributed by atoms with Gasteiger partial charge >= 0.3 is 0 Å². The first kappa shape index (κ1) is 4.67. The van der Waals surface area contributed by atoms with Gasteiger partial charge in [-0.25, -0.2) is 0 Å². The second kappa shape index (κ2) is 1.55. The third-order valence-electron chi connectivity index (χ3n) is 1.37. The summed E-state index contributed by atoms with van der Waals surface area (Å²) in [7, 11) is 0. The van der Waals surface area contributed by atoms with Crippen LogP contribution in [-0.4, -0.2) is 11.7 Å². The minimum absolute atomic E-state index is 0.273. The van der Waals surface area contributed by atoms with E-state index >= 15 is 0 Å². The zero-order chi connectivity index (χ0) is 5.28. The Kier molecular flexibility index (Phi) is 1.04. The van der Waals surface area contributed by atoms with E-state index in [2.05, 4.69) is 5.92 Å². The fourth-order valence-corrected chi connectivity index (χ4v) is 0.653. The van der Waals surface area contributed by atoms with Crippen molar-refractivity contribution >= 4 is 0 Å². The van der Waals surface area contributed by atoms with Crippen LogP contribution in [0.3, 0.4) is 0 Å². The summed E-state index contributed by atoms with van der Waals surface area (Å²) in [6.07, 6.45) is 6.07. The van der Waals surface area contributed by atoms with Crippen LogP contribution >= 0.6 is 0 Å². The average Bonchev–Trinajstić information content (AvgIpc) is 2.43. The molecule has 38 valence electrons. The summed E-state index contributed by atoms with van der Waals surface area (Å²) in [5.74, 6) is 3.41. The topological polar surface area (TPSA) is 20.2 Å². The van der Waals surface area contributed by atoms with E-state index in [0.717, 1.165) is 6.42 Å². The van der Waals surface area contributed by atoms with Gasteiger partial charge in [0.25, 0.3) is 0 Å². The first-order valence-corrected chi connectivity index (χ1v) is 2.45. The molecule has 1 heteroatoms. The Bertz CT molecular complexity index is 101. The van der Waals surface area contributed by atoms with Crippen molar-refractivity contribution in [3.63, 3.8) is 0 Å². The number of rotatable bonds is 1. The lowest BCUT2D eigenvalue weighted by Crippen LogP contribution is -1.84. The molecule has 0 saturated heterocycles. The summed E-state index contributed by atoms with van der Waals surface area (Å²) in [4.78, 5) is 0. The maximum atomic E-state index is 8.41. The van der Waals surface area contributed by atoms with Crippen LogP contribution in [0.2, 0.25) is 0 Å². The predicted octanol–water partition coefficient (Wildman–Crippen LogP) is 0.248. The quantitative estimate of drug-likeness (QED) is 0.464. The molecule has 2 atom stereocenters. The third-order valence-corrected chi connectivity index (χ3v) is 1.37. The molecule has 1 aliphatic carbocycles. The van der Waals surface area contributed by atoms with Crippen LogP contribution in [-0.2, 0) is 0 Å². The highest BCUT2D eigenvalue weighted by Crippen LogP contribution is 2.36. The van der Waals surface area contributed by atoms with Gasteiger partial charge in [-0.3, -0.25) is 0 Å². The molecule has 7 heavy (non-hydrogen) atoms. The highest BCUT2D eigenvalue weighted by molar-refractivity contribution is 5.06. The van der Waals surface area contributed by atoms with Gasteiger partial charge in [0.05, 0.1) is 0 Å². The molecule has 0 spiro atoms. The third kappa shape index (κ3) is 0.755. The number of terminal acetylenes is 1. The fourth-order valence-electron chi connectivity index (χ4n) is 0.653. The molecule has 0 aromatic rings. The van der Waals surface area contributed by atoms with Crippen molar-refractivity contribution in [2.24, 2.45) is 11.8 Å². The van der Waals surface area contributed by atoms with Crippen molar-refractivity contribution in [1.82, 2.24) is 0 Å². The zero-order valence-electron chi connectivity index (χ0n) is 4.09. The Balaban J connectivity index is 2.21. The van der Waals surface area contributed by atoms with Crippen LogP contribution in [0.4, 0.5) is 0 Å². The fraction of sp³-hybridized carbons (Fsp3) is 0.667. The first-order chi connectivity index (χ1) is 3.38. The van der Waals surface area contributed by atoms with Crippen LogP contribution < -0.4 is 0 Å². The largest absolute Gasteiger partial charge is 0.396 e. The maximum absolute atomic E-state index is 8.41. The van der Waals surface area contributed by atoms with Gasteiger partial charge < -0.3 is 5.11 Å². The predicted molar refractivity (Wildman–Crippen MR) is 27.5 cm³/mol. The summed E-state index contributed by atoms with van der Waals surface area (Å²) in [6, 6.07) is 0. The summed E-state index contributed by atoms with van der Waals surface area (Å²) < 4.78 is 0. The van der Waals surface area contributed by atoms with E-state index in [1.54, 1.807) is 0 Å². The highest BCUT2D eigenvalue weighted by Gasteiger charge is 2.34. The monoisotopic (exact) mass is 96.1 g/mol. The van der Waals surface area contributed by atoms with Crippen molar-refractivity contribution < 1.29 is 5.11 Å². The molecular weight excluding hydrogens is 88.1 g/mol. The van der Waals surface area contributed by atoms with Crippen molar-refractivity contribution in [3.05, 3.63) is 0 Å². The molecule has 1 aliphatic rings. The summed E-state index contributed by atoms with van der Waals surface area (Å²) >= 11 is 0. The number of hydrogen-bond acceptors (Lipinski definition) is 1. The van der Waals surface area contributed by atoms with E-state index in [1.807, 2.05) is 0 Å². The van der Waals surface area contributed by atoms with Crippen molar-refractivity contribution in [1.29, 1.82) is 0 Å². The van der Waals surface area contributed by atoms with Crippen LogP contribution in [0.25, 0.3) is 0 Å². The molecule has 0 heterocycles. The van der Waals surface area contributed by atoms with E-state index in [9.17, 15) is 0 Å². The Hall–Kier alpha value is -0.480. The number of aliphatic hydroxyl groups excluding tert-OH is 1. The molecule has 1 saturated carbocycles. The second-order valence-corrected chi connectivity index (χ2v) is 1.95. The molecule has 1 nitrogen and oxygen atoms in total. The van der Waals surface area contributed by atoms with Gasteiger partial charge in [-0.2, -0.15) is 0 Å². The molecule has 1 N–H and O–H groups in total. The van der Waals surface area contributed by atoms with Crippen LogP contribution in [0.1, 0.15) is 6.42 Å². The Labute approximate surface area is 43.4 Å². The minimum Gasteiger partial charge on any atom is -0.396 e. The summed E-state index contributed by atoms with van der Waals surface area (Å²) in [6.45, 7) is 0.273. The highest BCUT2D eigenvalue weighted by atomic mass is 16.3. The Morgan fingerprint density at radius 2 is 2.57 bits per heavy atom. The second-order valence-electron chi connectivity index (χ2n) is 1.95. The van der Waals surface area contributed by atoms with Crippen LogP contribution in [0.15, 0.2) is 0 Å². The molecule has 0 amide bonds. The summed E-state index contributed by atoms with van der Waals surface area (Å²) in [5, 5.41) is 8.41. The van der Waals surface area contributed by atoms with E-state index in [1.165, 1.54) is 0 Å². The van der Waals surface area contributed by atoms with Crippen LogP contribution in [0.5, 0.6) is 0 Å². The van der Waals surface area contributed by atoms with E-state index in [-0.39, 0.29) is 6.61 Å². The zero-order valence-corrected chi connectivity index (χ0v) is 4.09. The lowest BCUT2D eigenvalue weighted by Gasteiger charge is -1.79. The van der Waals surface area contributed by atoms with Gasteiger partial charge in [0.1, 0.15) is 0 Å². The lowest BCUT2D eigenvalue weighted by molar-refractivity contribution is 0.273. The minimum atomic E-state index is 0.273. The van der Waals surface area contributed by atoms with Crippen LogP contribution in [0, 0.1) is 24.2 Å². The van der Waals surface area contributed by atoms with E-state index < -0.39 is 0 Å². The van der Waals surface area contributed by atoms with Crippen molar-refractivity contribution in [2.75, 3.05) is 6.61 Å². The molecule has 0 bridgehead atoms. The molecular formula is C6H8O. The van der Waals surface area contributed by atoms with E-state index in [4.69, 9.17) is 11.5 Å². The molecule has 0 aromatic carbocycles. The van der Waals surface area contributed by atoms with Gasteiger partial charge in [0.2, 0.25) is 0 Å². The number of aliphatic hydroxyl groups is 1. The van der Waals surface area contributed by atoms with Crippen molar-refractivity contribution in [2.45, 2.75) is 6.42 Å². The van der Waals surface area contributed by atoms with Gasteiger partial charge in [-0.15, -0.1) is 12.3 Å². The maximum Gasteiger partial charge on any atom is 0.0471 e. The molecule has 1 unspecified atom stereocenters. The standard InChI is InChI=1S/C6H8O/c1-2-5-3-6(5)4-7/h1,5-7H,3-4H2/t5?,6-/m0/s1. The van der Waals surface area contributed by atoms with Gasteiger partial charge in [-0.05, 0) is 12.3 Å². The molecule has 0 radical (unpaired) electrons. The van der Waals surface area contributed by atoms with Gasteiger partial charge in [0.15, 0.2) is 0 Å². The van der Waals surface area contributed by atoms with E-state index in [0.29, 0.717) is 11.8 Å². The van der Waals surface area contributed by atoms with Gasteiger partial charge in [0, 0.05) is 12.5 Å². The SMILES string of the molecule is C#CC1C[C@H]1CO. The number of hydrogen-bond donors (Lipinski definition) is 1. The summed E-state index contributed by atoms with van der Waals surface area (Å²) in [5.41, 5.74) is 0. The van der Waals surface area contributed by atoms with Crippen molar-refractivity contribution in [3.8, 4) is 12.3 Å². The molecule has 0 aliphatic heterocycles. The normalized spacial score (nSPS) is 37.1. The first-order valence-electron chi connectivity index (χ1n) is 2.45. The molecule has 0 aromatic heterocycles. The lowest BCUT2D eigenvalue weighted by atomic mass is 10.3. The Morgan fingerprint density at radius 1 is 1.86 bits per heavy atom. The smallest absolute Gasteiger partial charge is 0.0471 e. The van der Waals surface area contributed by atoms with Gasteiger partial charge in [-0.1, -0.05) is 0 Å². The molecule has 1 fully saturated rings. The Morgan fingerprint density at radius 3 is 2.71 bits per heavy atom. The average molecular weight is 96.1 g/mol.